The average molecular weight is 647 g/mol. The third-order valence-corrected chi connectivity index (χ3v) is 9.38. The number of ketones is 3. The van der Waals surface area contributed by atoms with Gasteiger partial charge >= 0.3 is 6.09 Å². The van der Waals surface area contributed by atoms with Gasteiger partial charge in [0.05, 0.1) is 24.1 Å². The number of phenols is 1. The first-order chi connectivity index (χ1) is 22.1. The lowest BCUT2D eigenvalue weighted by Gasteiger charge is -2.52. The molecule has 5 atom stereocenters. The molecule has 0 aromatic heterocycles. The molecule has 5 N–H and O–H groups in total. The molecule has 2 aromatic rings. The van der Waals surface area contributed by atoms with Gasteiger partial charge in [0.1, 0.15) is 22.8 Å². The number of aromatic hydroxyl groups is 1. The Bertz CT molecular complexity index is 1720. The molecule has 5 rings (SSSR count). The number of amides is 2. The number of phenolic OH excluding ortho intramolecular Hbond substituents is 1. The van der Waals surface area contributed by atoms with Crippen LogP contribution in [0.2, 0.25) is 0 Å². The highest BCUT2D eigenvalue weighted by Gasteiger charge is 2.66. The molecule has 0 radical (unpaired) electrons. The van der Waals surface area contributed by atoms with Crippen molar-refractivity contribution < 1.29 is 44.0 Å². The van der Waals surface area contributed by atoms with Crippen molar-refractivity contribution in [2.24, 2.45) is 23.5 Å². The summed E-state index contributed by atoms with van der Waals surface area (Å²) in [7, 11) is 6.58. The Kier molecular flexibility index (Phi) is 8.73. The van der Waals surface area contributed by atoms with Crippen molar-refractivity contribution in [3.05, 3.63) is 77.1 Å². The van der Waals surface area contributed by atoms with Crippen LogP contribution in [0, 0.1) is 17.8 Å². The normalized spacial score (nSPS) is 25.1. The first-order valence-corrected chi connectivity index (χ1v) is 15.1. The van der Waals surface area contributed by atoms with Crippen LogP contribution in [0.4, 0.5) is 10.5 Å². The summed E-state index contributed by atoms with van der Waals surface area (Å²) in [6.07, 6.45) is 0.852. The number of nitrogens with two attached hydrogens (primary N) is 1. The smallest absolute Gasteiger partial charge is 0.415 e. The molecule has 0 aliphatic heterocycles. The van der Waals surface area contributed by atoms with E-state index in [4.69, 9.17) is 10.5 Å². The van der Waals surface area contributed by atoms with Gasteiger partial charge in [-0.25, -0.2) is 4.79 Å². The number of para-hydroxylation sites is 1. The second-order valence-corrected chi connectivity index (χ2v) is 12.6. The van der Waals surface area contributed by atoms with Crippen molar-refractivity contribution in [1.82, 2.24) is 9.80 Å². The van der Waals surface area contributed by atoms with Crippen LogP contribution in [0.25, 0.3) is 0 Å². The van der Waals surface area contributed by atoms with Crippen LogP contribution in [0.5, 0.6) is 11.5 Å². The summed E-state index contributed by atoms with van der Waals surface area (Å²) >= 11 is 0. The summed E-state index contributed by atoms with van der Waals surface area (Å²) in [4.78, 5) is 71.7. The van der Waals surface area contributed by atoms with Gasteiger partial charge in [0.2, 0.25) is 0 Å². The number of ether oxygens (including phenoxy) is 1. The first kappa shape index (κ1) is 33.4. The molecule has 0 saturated heterocycles. The molecule has 13 nitrogen and oxygen atoms in total. The number of hydrogen-bond donors (Lipinski definition) is 4. The van der Waals surface area contributed by atoms with E-state index in [1.165, 1.54) is 30.0 Å². The minimum Gasteiger partial charge on any atom is -0.508 e. The minimum absolute atomic E-state index is 0.0312. The second kappa shape index (κ2) is 12.3. The van der Waals surface area contributed by atoms with Crippen LogP contribution in [-0.4, -0.2) is 101 Å². The van der Waals surface area contributed by atoms with E-state index in [2.05, 4.69) is 6.58 Å². The van der Waals surface area contributed by atoms with Crippen molar-refractivity contribution in [3.8, 4) is 11.5 Å². The number of carbonyl (C=O) groups excluding carboxylic acids is 5. The van der Waals surface area contributed by atoms with E-state index in [1.54, 1.807) is 55.4 Å². The van der Waals surface area contributed by atoms with Crippen molar-refractivity contribution in [1.29, 1.82) is 0 Å². The molecule has 1 saturated carbocycles. The van der Waals surface area contributed by atoms with E-state index in [0.717, 1.165) is 0 Å². The molecule has 0 spiro atoms. The number of Topliss-reactive ketones (excluding diaryl/α,β-unsaturated/α-hetero) is 3. The van der Waals surface area contributed by atoms with Crippen LogP contribution in [0.1, 0.15) is 27.9 Å². The molecule has 248 valence electrons. The number of aliphatic hydroxyl groups is 2. The van der Waals surface area contributed by atoms with Crippen LogP contribution in [0.15, 0.2) is 60.4 Å². The summed E-state index contributed by atoms with van der Waals surface area (Å²) in [5, 5.41) is 34.6. The fourth-order valence-electron chi connectivity index (χ4n) is 7.30. The molecule has 2 aromatic carbocycles. The molecule has 3 aliphatic carbocycles. The van der Waals surface area contributed by atoms with E-state index < -0.39 is 75.8 Å². The maximum atomic E-state index is 14.3. The Balaban J connectivity index is 1.59. The number of hydrogen-bond acceptors (Lipinski definition) is 11. The summed E-state index contributed by atoms with van der Waals surface area (Å²) < 4.78 is 5.49. The zero-order valence-corrected chi connectivity index (χ0v) is 26.6. The summed E-state index contributed by atoms with van der Waals surface area (Å²) in [5.41, 5.74) is 2.84. The van der Waals surface area contributed by atoms with Crippen LogP contribution in [-0.2, 0) is 27.3 Å². The maximum Gasteiger partial charge on any atom is 0.415 e. The van der Waals surface area contributed by atoms with E-state index in [9.17, 15) is 39.3 Å². The van der Waals surface area contributed by atoms with E-state index in [0.29, 0.717) is 17.0 Å². The number of rotatable bonds is 8. The first-order valence-electron chi connectivity index (χ1n) is 15.1. The van der Waals surface area contributed by atoms with E-state index in [-0.39, 0.29) is 37.1 Å². The highest BCUT2D eigenvalue weighted by molar-refractivity contribution is 6.25. The predicted molar refractivity (Wildman–Crippen MR) is 170 cm³/mol. The third-order valence-electron chi connectivity index (χ3n) is 9.38. The third kappa shape index (κ3) is 5.34. The Morgan fingerprint density at radius 1 is 1.09 bits per heavy atom. The van der Waals surface area contributed by atoms with Gasteiger partial charge in [0.25, 0.3) is 5.91 Å². The SMILES string of the molecule is C=CCN(Cc1cc(N(C)C)c2c(c1O)C(=O)C1C(=O)[C@]3(O)C(O)=C(C(N)=O)C(=O)[C@@H](N(C)C)C3CC1C2)C(=O)Oc1ccccc1. The molecule has 3 aliphatic rings. The molecule has 0 heterocycles. The minimum atomic E-state index is -2.75. The lowest BCUT2D eigenvalue weighted by Crippen LogP contribution is -2.68. The van der Waals surface area contributed by atoms with Crippen LogP contribution >= 0.6 is 0 Å². The van der Waals surface area contributed by atoms with Gasteiger partial charge in [-0.3, -0.25) is 29.0 Å². The Labute approximate surface area is 271 Å². The molecule has 2 amide bonds. The van der Waals surface area contributed by atoms with Gasteiger partial charge in [0.15, 0.2) is 23.0 Å². The maximum absolute atomic E-state index is 14.3. The van der Waals surface area contributed by atoms with Crippen LogP contribution < -0.4 is 15.4 Å². The number of likely N-dealkylation sites (N-methyl/N-ethyl adjacent to an activating group) is 1. The zero-order valence-electron chi connectivity index (χ0n) is 26.6. The number of nitrogens with zero attached hydrogens (tertiary/aromatic N) is 3. The molecule has 13 heteroatoms. The number of anilines is 1. The highest BCUT2D eigenvalue weighted by atomic mass is 16.6. The van der Waals surface area contributed by atoms with E-state index in [1.807, 2.05) is 0 Å². The van der Waals surface area contributed by atoms with Gasteiger partial charge in [-0.05, 0) is 56.6 Å². The van der Waals surface area contributed by atoms with Crippen molar-refractivity contribution in [2.75, 3.05) is 39.6 Å². The fraction of sp³-hybridized carbons (Fsp3) is 0.382. The molecule has 0 bridgehead atoms. The topological polar surface area (TPSA) is 191 Å². The van der Waals surface area contributed by atoms with Gasteiger partial charge in [-0.15, -0.1) is 6.58 Å². The summed E-state index contributed by atoms with van der Waals surface area (Å²) in [6, 6.07) is 8.89. The number of fused-ring (bicyclic) bond motifs is 3. The lowest BCUT2D eigenvalue weighted by atomic mass is 9.54. The zero-order chi connectivity index (χ0) is 34.5. The highest BCUT2D eigenvalue weighted by Crippen LogP contribution is 2.53. The second-order valence-electron chi connectivity index (χ2n) is 12.6. The van der Waals surface area contributed by atoms with E-state index >= 15 is 0 Å². The van der Waals surface area contributed by atoms with Gasteiger partial charge in [-0.2, -0.15) is 0 Å². The molecule has 47 heavy (non-hydrogen) atoms. The fourth-order valence-corrected chi connectivity index (χ4v) is 7.30. The average Bonchev–Trinajstić information content (AvgIpc) is 2.99. The monoisotopic (exact) mass is 646 g/mol. The largest absolute Gasteiger partial charge is 0.508 e. The van der Waals surface area contributed by atoms with Gasteiger partial charge in [0, 0.05) is 37.8 Å². The number of carbonyl (C=O) groups is 5. The van der Waals surface area contributed by atoms with Crippen molar-refractivity contribution in [2.45, 2.75) is 31.0 Å². The predicted octanol–water partition coefficient (Wildman–Crippen LogP) is 1.75. The van der Waals surface area contributed by atoms with Crippen molar-refractivity contribution in [3.63, 3.8) is 0 Å². The molecule has 3 unspecified atom stereocenters. The summed E-state index contributed by atoms with van der Waals surface area (Å²) in [6.45, 7) is 3.57. The quantitative estimate of drug-likeness (QED) is 0.186. The summed E-state index contributed by atoms with van der Waals surface area (Å²) in [5.74, 6) is -8.71. The standard InChI is InChI=1S/C34H38N4O9/c1-6-12-38(33(45)47-19-10-8-7-9-11-19)16-18-15-22(36(2)3)20-13-17-14-21-26(37(4)5)29(41)25(32(35)44)31(43)34(21,46)30(42)23(17)28(40)24(20)27(18)39/h6-11,15,17,21,23,26,39,43,46H,1,12-14,16H2,2-5H3,(H2,35,44)/t17?,21?,23?,26-,34-/m0/s1. The van der Waals surface area contributed by atoms with Crippen LogP contribution in [0.3, 0.4) is 0 Å². The van der Waals surface area contributed by atoms with Gasteiger partial charge < -0.3 is 30.7 Å². The Morgan fingerprint density at radius 3 is 2.32 bits per heavy atom. The number of aliphatic hydroxyl groups excluding tert-OH is 1. The Morgan fingerprint density at radius 2 is 1.74 bits per heavy atom. The number of benzene rings is 2. The number of primary amides is 1. The molecular weight excluding hydrogens is 608 g/mol. The van der Waals surface area contributed by atoms with Crippen molar-refractivity contribution >= 4 is 35.0 Å². The van der Waals surface area contributed by atoms with Gasteiger partial charge in [-0.1, -0.05) is 24.3 Å². The lowest BCUT2D eigenvalue weighted by molar-refractivity contribution is -0.163. The Hall–Kier alpha value is -5.01. The molecular formula is C34H38N4O9. The molecule has 1 fully saturated rings.